The number of anilines is 1. The number of rotatable bonds is 6. The number of hydrogen-bond donors (Lipinski definition) is 4. The van der Waals surface area contributed by atoms with Crippen molar-refractivity contribution in [2.24, 2.45) is 5.73 Å². The fourth-order valence-corrected chi connectivity index (χ4v) is 1.96. The number of aromatic hydroxyl groups is 1. The zero-order valence-corrected chi connectivity index (χ0v) is 12.8. The lowest BCUT2D eigenvalue weighted by Crippen LogP contribution is -2.25. The van der Waals surface area contributed by atoms with Gasteiger partial charge in [0.05, 0.1) is 5.60 Å². The first kappa shape index (κ1) is 16.3. The number of ether oxygens (including phenoxy) is 2. The molecule has 1 aliphatic rings. The molecule has 5 N–H and O–H groups in total. The first-order chi connectivity index (χ1) is 10.2. The van der Waals surface area contributed by atoms with Gasteiger partial charge in [-0.3, -0.25) is 10.2 Å². The molecule has 7 heteroatoms. The molecule has 1 heterocycles. The van der Waals surface area contributed by atoms with Crippen LogP contribution in [0.3, 0.4) is 0 Å². The fraction of sp³-hybridized carbons (Fsp3) is 0.467. The third-order valence-corrected chi connectivity index (χ3v) is 3.02. The molecule has 2 atom stereocenters. The van der Waals surface area contributed by atoms with Gasteiger partial charge in [-0.05, 0) is 39.0 Å². The Bertz CT molecular complexity index is 595. The molecule has 1 aromatic carbocycles. The maximum Gasteiger partial charge on any atom is 0.267 e. The number of primary amides is 1. The topological polar surface area (TPSA) is 121 Å². The molecule has 7 nitrogen and oxygen atoms in total. The summed E-state index contributed by atoms with van der Waals surface area (Å²) in [7, 11) is 0. The van der Waals surface area contributed by atoms with Gasteiger partial charge in [0.1, 0.15) is 17.6 Å². The summed E-state index contributed by atoms with van der Waals surface area (Å²) in [6, 6.07) is 4.38. The summed E-state index contributed by atoms with van der Waals surface area (Å²) in [5.41, 5.74) is 5.27. The molecule has 2 unspecified atom stereocenters. The van der Waals surface area contributed by atoms with Gasteiger partial charge in [0.25, 0.3) is 5.91 Å². The lowest BCUT2D eigenvalue weighted by atomic mass is 10.1. The second-order valence-electron chi connectivity index (χ2n) is 6.12. The van der Waals surface area contributed by atoms with Crippen molar-refractivity contribution < 1.29 is 19.4 Å². The van der Waals surface area contributed by atoms with Crippen molar-refractivity contribution in [2.75, 3.05) is 11.9 Å². The first-order valence-electron chi connectivity index (χ1n) is 6.96. The summed E-state index contributed by atoms with van der Waals surface area (Å²) in [4.78, 5) is 11.2. The summed E-state index contributed by atoms with van der Waals surface area (Å²) in [5.74, 6) is -0.895. The molecule has 0 saturated carbocycles. The number of amides is 1. The van der Waals surface area contributed by atoms with E-state index < -0.39 is 5.91 Å². The highest BCUT2D eigenvalue weighted by Crippen LogP contribution is 2.29. The lowest BCUT2D eigenvalue weighted by molar-refractivity contribution is -0.112. The van der Waals surface area contributed by atoms with Crippen LogP contribution in [0.2, 0.25) is 0 Å². The van der Waals surface area contributed by atoms with Crippen molar-refractivity contribution in [3.8, 4) is 5.75 Å². The Morgan fingerprint density at radius 2 is 2.18 bits per heavy atom. The predicted molar refractivity (Wildman–Crippen MR) is 82.1 cm³/mol. The molecule has 0 radical (unpaired) electrons. The predicted octanol–water partition coefficient (Wildman–Crippen LogP) is 1.20. The van der Waals surface area contributed by atoms with Gasteiger partial charge in [-0.25, -0.2) is 0 Å². The van der Waals surface area contributed by atoms with Crippen LogP contribution in [0.25, 0.3) is 0 Å². The highest BCUT2D eigenvalue weighted by Gasteiger charge is 2.42. The molecule has 0 aromatic heterocycles. The molecule has 2 rings (SSSR count). The molecule has 1 aliphatic heterocycles. The molecule has 1 saturated heterocycles. The van der Waals surface area contributed by atoms with Gasteiger partial charge in [0, 0.05) is 17.8 Å². The van der Waals surface area contributed by atoms with Crippen LogP contribution in [0.15, 0.2) is 18.2 Å². The second kappa shape index (κ2) is 5.94. The van der Waals surface area contributed by atoms with Crippen molar-refractivity contribution in [3.05, 3.63) is 23.8 Å². The van der Waals surface area contributed by atoms with Crippen LogP contribution >= 0.6 is 0 Å². The van der Waals surface area contributed by atoms with Crippen molar-refractivity contribution in [1.29, 1.82) is 5.41 Å². The van der Waals surface area contributed by atoms with Crippen LogP contribution in [0.1, 0.15) is 26.3 Å². The van der Waals surface area contributed by atoms with Crippen molar-refractivity contribution in [2.45, 2.75) is 38.8 Å². The molecule has 1 fully saturated rings. The number of epoxide rings is 1. The van der Waals surface area contributed by atoms with Gasteiger partial charge in [-0.1, -0.05) is 0 Å². The summed E-state index contributed by atoms with van der Waals surface area (Å²) in [6.45, 7) is 6.31. The Morgan fingerprint density at radius 3 is 2.77 bits per heavy atom. The molecule has 120 valence electrons. The summed E-state index contributed by atoms with van der Waals surface area (Å²) in [6.07, 6.45) is -0.354. The van der Waals surface area contributed by atoms with Crippen molar-refractivity contribution in [1.82, 2.24) is 0 Å². The minimum Gasteiger partial charge on any atom is -0.508 e. The normalized spacial score (nSPS) is 20.5. The van der Waals surface area contributed by atoms with Crippen LogP contribution in [-0.4, -0.2) is 41.3 Å². The number of nitrogens with one attached hydrogen (secondary N) is 2. The number of hydrogen-bond acceptors (Lipinski definition) is 6. The van der Waals surface area contributed by atoms with Gasteiger partial charge in [-0.15, -0.1) is 0 Å². The van der Waals surface area contributed by atoms with Crippen molar-refractivity contribution in [3.63, 3.8) is 0 Å². The quantitative estimate of drug-likeness (QED) is 0.357. The standard InChI is InChI=1S/C15H21N3O4/c1-15(2,3)22-14-11(21-14)7-18-10-5-4-8(19)6-9(10)12(16)13(17)20/h4-6,11,14,16,18-19H,7H2,1-3H3,(H2,17,20). The Hall–Kier alpha value is -2.12. The summed E-state index contributed by atoms with van der Waals surface area (Å²) >= 11 is 0. The maximum absolute atomic E-state index is 11.2. The number of benzene rings is 1. The zero-order chi connectivity index (χ0) is 16.5. The minimum absolute atomic E-state index is 0.0387. The number of nitrogens with two attached hydrogens (primary N) is 1. The van der Waals surface area contributed by atoms with E-state index in [1.807, 2.05) is 20.8 Å². The lowest BCUT2D eigenvalue weighted by Gasteiger charge is -2.17. The van der Waals surface area contributed by atoms with Crippen LogP contribution < -0.4 is 11.1 Å². The first-order valence-corrected chi connectivity index (χ1v) is 6.96. The summed E-state index contributed by atoms with van der Waals surface area (Å²) in [5, 5.41) is 20.3. The molecular formula is C15H21N3O4. The molecule has 0 aliphatic carbocycles. The maximum atomic E-state index is 11.2. The van der Waals surface area contributed by atoms with Crippen LogP contribution in [0, 0.1) is 5.41 Å². The molecule has 0 bridgehead atoms. The van der Waals surface area contributed by atoms with E-state index in [0.29, 0.717) is 12.2 Å². The number of phenolic OH excluding ortho intramolecular Hbond substituents is 1. The number of carbonyl (C=O) groups is 1. The zero-order valence-electron chi connectivity index (χ0n) is 12.8. The molecule has 22 heavy (non-hydrogen) atoms. The monoisotopic (exact) mass is 307 g/mol. The van der Waals surface area contributed by atoms with Crippen LogP contribution in [-0.2, 0) is 14.3 Å². The Labute approximate surface area is 128 Å². The average Bonchev–Trinajstić information content (AvgIpc) is 3.12. The average molecular weight is 307 g/mol. The molecule has 0 spiro atoms. The van der Waals surface area contributed by atoms with Crippen molar-refractivity contribution >= 4 is 17.3 Å². The van der Waals surface area contributed by atoms with Gasteiger partial charge in [0.2, 0.25) is 0 Å². The van der Waals surface area contributed by atoms with E-state index in [1.54, 1.807) is 6.07 Å². The fourth-order valence-electron chi connectivity index (χ4n) is 1.96. The van der Waals surface area contributed by atoms with E-state index in [4.69, 9.17) is 20.6 Å². The van der Waals surface area contributed by atoms with E-state index in [-0.39, 0.29) is 35.0 Å². The number of phenols is 1. The van der Waals surface area contributed by atoms with E-state index >= 15 is 0 Å². The Morgan fingerprint density at radius 1 is 1.50 bits per heavy atom. The Balaban J connectivity index is 1.99. The van der Waals surface area contributed by atoms with Crippen LogP contribution in [0.4, 0.5) is 5.69 Å². The van der Waals surface area contributed by atoms with E-state index in [2.05, 4.69) is 5.32 Å². The van der Waals surface area contributed by atoms with Gasteiger partial charge in [0.15, 0.2) is 6.29 Å². The largest absolute Gasteiger partial charge is 0.508 e. The third-order valence-electron chi connectivity index (χ3n) is 3.02. The minimum atomic E-state index is -0.856. The summed E-state index contributed by atoms with van der Waals surface area (Å²) < 4.78 is 11.1. The van der Waals surface area contributed by atoms with Crippen LogP contribution in [0.5, 0.6) is 5.75 Å². The Kier molecular flexibility index (Phi) is 4.39. The second-order valence-corrected chi connectivity index (χ2v) is 6.12. The number of carbonyl (C=O) groups excluding carboxylic acids is 1. The van der Waals surface area contributed by atoms with E-state index in [1.165, 1.54) is 12.1 Å². The smallest absolute Gasteiger partial charge is 0.267 e. The van der Waals surface area contributed by atoms with E-state index in [0.717, 1.165) is 0 Å². The van der Waals surface area contributed by atoms with Gasteiger partial charge >= 0.3 is 0 Å². The van der Waals surface area contributed by atoms with E-state index in [9.17, 15) is 9.90 Å². The highest BCUT2D eigenvalue weighted by molar-refractivity contribution is 6.44. The highest BCUT2D eigenvalue weighted by atomic mass is 16.8. The van der Waals surface area contributed by atoms with Gasteiger partial charge in [-0.2, -0.15) is 0 Å². The third kappa shape index (κ3) is 4.19. The SMILES string of the molecule is CC(C)(C)OC1OC1CNc1ccc(O)cc1C(=N)C(N)=O. The molecule has 1 amide bonds. The molecular weight excluding hydrogens is 286 g/mol. The molecule has 1 aromatic rings. The van der Waals surface area contributed by atoms with Gasteiger partial charge < -0.3 is 25.6 Å².